The van der Waals surface area contributed by atoms with Gasteiger partial charge in [0.15, 0.2) is 11.7 Å². The van der Waals surface area contributed by atoms with Crippen molar-refractivity contribution in [3.8, 4) is 11.8 Å². The molecular weight excluding hydrogens is 889 g/mol. The number of pyridine rings is 1. The Hall–Kier alpha value is -6.42. The Balaban J connectivity index is 1.12. The zero-order valence-corrected chi connectivity index (χ0v) is 36.7. The number of carboxylic acid groups (broad SMARTS) is 4. The highest BCUT2D eigenvalue weighted by molar-refractivity contribution is 6.07. The first-order valence-electron chi connectivity index (χ1n) is 21.8. The minimum absolute atomic E-state index is 0.174. The normalized spacial score (nSPS) is 20.2. The fourth-order valence-corrected chi connectivity index (χ4v) is 8.43. The Labute approximate surface area is 383 Å². The summed E-state index contributed by atoms with van der Waals surface area (Å²) in [5.41, 5.74) is 0.634. The number of fused-ring (bicyclic) bond motifs is 1. The van der Waals surface area contributed by atoms with E-state index >= 15 is 0 Å². The highest BCUT2D eigenvalue weighted by Gasteiger charge is 2.49. The summed E-state index contributed by atoms with van der Waals surface area (Å²) in [6.45, 7) is 1.93. The lowest BCUT2D eigenvalue weighted by Gasteiger charge is -2.37. The van der Waals surface area contributed by atoms with Crippen molar-refractivity contribution in [2.45, 2.75) is 37.6 Å². The van der Waals surface area contributed by atoms with Crippen LogP contribution in [0.2, 0.25) is 0 Å². The van der Waals surface area contributed by atoms with Crippen LogP contribution in [0.1, 0.15) is 36.0 Å². The van der Waals surface area contributed by atoms with E-state index in [0.717, 1.165) is 0 Å². The molecule has 2 saturated heterocycles. The number of ether oxygens (including phenoxy) is 1. The van der Waals surface area contributed by atoms with Crippen molar-refractivity contribution < 1.29 is 72.3 Å². The highest BCUT2D eigenvalue weighted by Crippen LogP contribution is 2.43. The molecule has 2 aromatic rings. The Bertz CT molecular complexity index is 2160. The predicted octanol–water partition coefficient (Wildman–Crippen LogP) is -0.619. The van der Waals surface area contributed by atoms with Gasteiger partial charge in [-0.05, 0) is 30.7 Å². The van der Waals surface area contributed by atoms with Gasteiger partial charge in [-0.15, -0.1) is 0 Å². The number of carbonyl (C=O) groups excluding carboxylic acids is 4. The van der Waals surface area contributed by atoms with Crippen LogP contribution in [-0.4, -0.2) is 214 Å². The van der Waals surface area contributed by atoms with Crippen LogP contribution in [0.3, 0.4) is 0 Å². The number of aliphatic carboxylic acids is 4. The van der Waals surface area contributed by atoms with E-state index in [1.807, 2.05) is 0 Å². The lowest BCUT2D eigenvalue weighted by molar-refractivity contribution is -0.156. The second-order valence-electron chi connectivity index (χ2n) is 16.9. The molecule has 0 spiro atoms. The summed E-state index contributed by atoms with van der Waals surface area (Å²) < 4.78 is 33.7. The number of alkyl halides is 2. The monoisotopic (exact) mass is 943 g/mol. The van der Waals surface area contributed by atoms with Crippen LogP contribution in [0.5, 0.6) is 5.75 Å². The molecule has 3 aliphatic rings. The molecule has 3 atom stereocenters. The summed E-state index contributed by atoms with van der Waals surface area (Å²) in [5, 5.41) is 52.7. The third-order valence-corrected chi connectivity index (χ3v) is 12.0. The molecular formula is C43H55F2N9O13. The Morgan fingerprint density at radius 3 is 1.96 bits per heavy atom. The van der Waals surface area contributed by atoms with Crippen LogP contribution >= 0.6 is 0 Å². The largest absolute Gasteiger partial charge is 0.494 e. The number of hydrogen-bond acceptors (Lipinski definition) is 15. The van der Waals surface area contributed by atoms with Gasteiger partial charge < -0.3 is 40.7 Å². The second-order valence-corrected chi connectivity index (χ2v) is 16.9. The second kappa shape index (κ2) is 23.9. The number of hydrogen-bond donors (Lipinski definition) is 6. The summed E-state index contributed by atoms with van der Waals surface area (Å²) in [6.07, 6.45) is -0.224. The molecule has 1 saturated carbocycles. The van der Waals surface area contributed by atoms with E-state index in [-0.39, 0.29) is 84.2 Å². The number of Topliss-reactive ketones (excluding diaryl/α,β-unsaturated/α-hetero) is 1. The summed E-state index contributed by atoms with van der Waals surface area (Å²) in [6, 6.07) is 6.64. The Morgan fingerprint density at radius 2 is 1.39 bits per heavy atom. The maximum atomic E-state index is 13.9. The summed E-state index contributed by atoms with van der Waals surface area (Å²) in [4.78, 5) is 112. The van der Waals surface area contributed by atoms with Crippen molar-refractivity contribution in [2.24, 2.45) is 17.8 Å². The maximum Gasteiger partial charge on any atom is 0.317 e. The molecule has 1 aromatic heterocycles. The number of nitrogens with one attached hydrogen (secondary N) is 2. The van der Waals surface area contributed by atoms with E-state index in [0.29, 0.717) is 42.7 Å². The third-order valence-electron chi connectivity index (χ3n) is 12.0. The van der Waals surface area contributed by atoms with Gasteiger partial charge in [0.25, 0.3) is 5.91 Å². The van der Waals surface area contributed by atoms with E-state index in [2.05, 4.69) is 20.5 Å². The number of amides is 3. The fourth-order valence-electron chi connectivity index (χ4n) is 8.43. The zero-order valence-electron chi connectivity index (χ0n) is 36.7. The average Bonchev–Trinajstić information content (AvgIpc) is 3.64. The van der Waals surface area contributed by atoms with Crippen molar-refractivity contribution in [2.75, 3.05) is 105 Å². The van der Waals surface area contributed by atoms with Crippen molar-refractivity contribution in [1.29, 1.82) is 5.26 Å². The molecule has 3 amide bonds. The van der Waals surface area contributed by atoms with Crippen LogP contribution < -0.4 is 15.4 Å². The summed E-state index contributed by atoms with van der Waals surface area (Å²) in [7, 11) is 0. The molecule has 3 fully saturated rings. The van der Waals surface area contributed by atoms with E-state index in [1.54, 1.807) is 39.0 Å². The summed E-state index contributed by atoms with van der Waals surface area (Å²) in [5.74, 6) is -15.2. The van der Waals surface area contributed by atoms with Crippen molar-refractivity contribution in [1.82, 2.24) is 40.1 Å². The third kappa shape index (κ3) is 15.3. The molecule has 1 unspecified atom stereocenters. The first-order chi connectivity index (χ1) is 31.8. The number of carboxylic acids is 4. The first kappa shape index (κ1) is 51.6. The smallest absolute Gasteiger partial charge is 0.317 e. The number of ketones is 1. The number of halogens is 2. The number of nitriles is 1. The molecule has 1 aromatic carbocycles. The molecule has 364 valence electrons. The van der Waals surface area contributed by atoms with Crippen molar-refractivity contribution >= 4 is 58.3 Å². The van der Waals surface area contributed by atoms with Crippen LogP contribution in [0.25, 0.3) is 10.9 Å². The first-order valence-corrected chi connectivity index (χ1v) is 21.8. The van der Waals surface area contributed by atoms with Gasteiger partial charge in [0, 0.05) is 109 Å². The summed E-state index contributed by atoms with van der Waals surface area (Å²) >= 11 is 0. The van der Waals surface area contributed by atoms with Gasteiger partial charge >= 0.3 is 23.9 Å². The molecule has 5 rings (SSSR count). The zero-order chi connectivity index (χ0) is 48.8. The highest BCUT2D eigenvalue weighted by atomic mass is 19.3. The van der Waals surface area contributed by atoms with Gasteiger partial charge in [-0.1, -0.05) is 0 Å². The standard InChI is InChI=1S/C43H55F2N9O13/c44-43(45)20-27(22-46)32(21-43)35(55)23-48-39(61)29-4-5-47-33-3-2-28(18-30(29)33)67-17-1-6-50-13-15-54(16-14-50)40(62)34(19-31(41(63)64)42(65)66)49-36(56)24-51-7-9-52(25-37(57)58)11-12-53(10-8-51)26-38(59)60/h2-5,18,27,31-32,34H,1,6-17,19-21,23-26H2,(H,48,61)(H,49,56)(H,57,58)(H,59,60)(H,63,64)(H,65,66)/t27-,32?,34-/m0/s1. The van der Waals surface area contributed by atoms with Crippen LogP contribution in [0, 0.1) is 29.1 Å². The average molecular weight is 944 g/mol. The van der Waals surface area contributed by atoms with E-state index in [4.69, 9.17) is 4.74 Å². The van der Waals surface area contributed by atoms with Gasteiger partial charge in [0.05, 0.1) is 55.9 Å². The van der Waals surface area contributed by atoms with Crippen LogP contribution in [0.15, 0.2) is 30.5 Å². The van der Waals surface area contributed by atoms with Crippen LogP contribution in [0.4, 0.5) is 8.78 Å². The lowest BCUT2D eigenvalue weighted by atomic mass is 9.93. The molecule has 0 radical (unpaired) electrons. The molecule has 6 N–H and O–H groups in total. The Morgan fingerprint density at radius 1 is 0.806 bits per heavy atom. The van der Waals surface area contributed by atoms with E-state index < -0.39 is 103 Å². The molecule has 1 aliphatic carbocycles. The number of rotatable bonds is 21. The van der Waals surface area contributed by atoms with E-state index in [1.165, 1.54) is 17.2 Å². The van der Waals surface area contributed by atoms with Gasteiger partial charge in [0.2, 0.25) is 17.7 Å². The number of carbonyl (C=O) groups is 8. The molecule has 22 nitrogen and oxygen atoms in total. The number of benzene rings is 1. The van der Waals surface area contributed by atoms with Crippen molar-refractivity contribution in [3.63, 3.8) is 0 Å². The molecule has 67 heavy (non-hydrogen) atoms. The SMILES string of the molecule is N#C[C@@H]1CC(F)(F)CC1C(=O)CNC(=O)c1ccnc2ccc(OCCCN3CCN(C(=O)[C@H](CC(C(=O)O)C(=O)O)NC(=O)CN4CCN(CC(=O)O)CCN(CC(=O)O)CC4)CC3)cc12. The molecule has 3 heterocycles. The van der Waals surface area contributed by atoms with Crippen LogP contribution in [-0.2, 0) is 33.6 Å². The molecule has 24 heteroatoms. The molecule has 0 bridgehead atoms. The van der Waals surface area contributed by atoms with E-state index in [9.17, 15) is 72.8 Å². The number of aromatic nitrogens is 1. The quantitative estimate of drug-likeness (QED) is 0.0671. The van der Waals surface area contributed by atoms with Gasteiger partial charge in [-0.25, -0.2) is 8.78 Å². The predicted molar refractivity (Wildman–Crippen MR) is 229 cm³/mol. The molecule has 2 aliphatic heterocycles. The number of nitrogens with zero attached hydrogens (tertiary/aromatic N) is 7. The van der Waals surface area contributed by atoms with Gasteiger partial charge in [-0.3, -0.25) is 62.9 Å². The van der Waals surface area contributed by atoms with Crippen molar-refractivity contribution in [3.05, 3.63) is 36.0 Å². The lowest BCUT2D eigenvalue weighted by Crippen LogP contribution is -2.57. The fraction of sp³-hybridized carbons (Fsp3) is 0.581. The Kier molecular flexibility index (Phi) is 18.4. The van der Waals surface area contributed by atoms with Gasteiger partial charge in [-0.2, -0.15) is 5.26 Å². The maximum absolute atomic E-state index is 13.9. The topological polar surface area (TPSA) is 304 Å². The minimum atomic E-state index is -3.13. The number of piperazine rings is 1. The van der Waals surface area contributed by atoms with Gasteiger partial charge in [0.1, 0.15) is 11.8 Å². The minimum Gasteiger partial charge on any atom is -0.494 e.